The van der Waals surface area contributed by atoms with Gasteiger partial charge in [0.1, 0.15) is 0 Å². The summed E-state index contributed by atoms with van der Waals surface area (Å²) < 4.78 is 0.479. The first-order valence-corrected chi connectivity index (χ1v) is 12.6. The summed E-state index contributed by atoms with van der Waals surface area (Å²) in [5, 5.41) is 0. The molecule has 2 aliphatic heterocycles. The smallest absolute Gasteiger partial charge is 0.239 e. The topological polar surface area (TPSA) is 62.5 Å². The molecule has 0 saturated carbocycles. The third-order valence-electron chi connectivity index (χ3n) is 4.79. The molecule has 0 spiro atoms. The molecular formula is C18H28N4OS3. The van der Waals surface area contributed by atoms with Gasteiger partial charge < -0.3 is 15.5 Å². The maximum atomic E-state index is 12.5. The van der Waals surface area contributed by atoms with Crippen molar-refractivity contribution in [3.05, 3.63) is 24.0 Å². The van der Waals surface area contributed by atoms with Crippen LogP contribution in [0.15, 0.2) is 18.5 Å². The Balaban J connectivity index is 1.61. The zero-order valence-corrected chi connectivity index (χ0v) is 17.8. The van der Waals surface area contributed by atoms with E-state index in [1.807, 2.05) is 47.1 Å². The Morgan fingerprint density at radius 1 is 1.35 bits per heavy atom. The molecule has 0 aromatic carbocycles. The minimum atomic E-state index is -0.361. The van der Waals surface area contributed by atoms with E-state index < -0.39 is 0 Å². The molecule has 1 aromatic heterocycles. The second-order valence-electron chi connectivity index (χ2n) is 6.56. The lowest BCUT2D eigenvalue weighted by Crippen LogP contribution is -2.53. The Morgan fingerprint density at radius 2 is 2.08 bits per heavy atom. The molecule has 1 aromatic rings. The Hall–Kier alpha value is -0.570. The van der Waals surface area contributed by atoms with Crippen molar-refractivity contribution >= 4 is 46.9 Å². The Kier molecular flexibility index (Phi) is 7.84. The molecule has 1 amide bonds. The zero-order valence-electron chi connectivity index (χ0n) is 15.3. The highest BCUT2D eigenvalue weighted by Gasteiger charge is 2.28. The van der Waals surface area contributed by atoms with Gasteiger partial charge in [-0.05, 0) is 42.4 Å². The van der Waals surface area contributed by atoms with Crippen molar-refractivity contribution in [1.29, 1.82) is 0 Å². The lowest BCUT2D eigenvalue weighted by atomic mass is 10.1. The number of amides is 1. The van der Waals surface area contributed by atoms with Gasteiger partial charge in [-0.2, -0.15) is 11.8 Å². The number of pyridine rings is 1. The van der Waals surface area contributed by atoms with E-state index in [2.05, 4.69) is 16.0 Å². The number of carbonyl (C=O) groups excluding carboxylic acids is 1. The quantitative estimate of drug-likeness (QED) is 0.771. The van der Waals surface area contributed by atoms with E-state index in [4.69, 9.17) is 5.73 Å². The second-order valence-corrected chi connectivity index (χ2v) is 10.3. The van der Waals surface area contributed by atoms with E-state index >= 15 is 0 Å². The van der Waals surface area contributed by atoms with E-state index in [0.29, 0.717) is 4.58 Å². The Bertz CT molecular complexity index is 590. The van der Waals surface area contributed by atoms with E-state index in [1.54, 1.807) is 11.8 Å². The number of piperazine rings is 1. The van der Waals surface area contributed by atoms with E-state index in [9.17, 15) is 4.79 Å². The fraction of sp³-hybridized carbons (Fsp3) is 0.667. The third kappa shape index (κ3) is 5.03. The summed E-state index contributed by atoms with van der Waals surface area (Å²) in [7, 11) is 0. The fourth-order valence-corrected chi connectivity index (χ4v) is 6.71. The summed E-state index contributed by atoms with van der Waals surface area (Å²) >= 11 is 5.79. The number of hydrogen-bond acceptors (Lipinski definition) is 7. The number of nitrogens with zero attached hydrogens (tertiary/aromatic N) is 3. The normalized spacial score (nSPS) is 20.2. The number of thioether (sulfide) groups is 3. The molecule has 0 aliphatic carbocycles. The summed E-state index contributed by atoms with van der Waals surface area (Å²) in [5.41, 5.74) is 8.68. The largest absolute Gasteiger partial charge is 0.368 e. The predicted molar refractivity (Wildman–Crippen MR) is 116 cm³/mol. The Morgan fingerprint density at radius 3 is 2.77 bits per heavy atom. The molecular weight excluding hydrogens is 384 g/mol. The molecule has 3 heterocycles. The van der Waals surface area contributed by atoms with Crippen molar-refractivity contribution in [2.24, 2.45) is 5.73 Å². The molecule has 5 nitrogen and oxygen atoms in total. The maximum absolute atomic E-state index is 12.5. The van der Waals surface area contributed by atoms with E-state index in [0.717, 1.165) is 38.4 Å². The molecule has 2 N–H and O–H groups in total. The molecule has 0 bridgehead atoms. The summed E-state index contributed by atoms with van der Waals surface area (Å²) in [6.45, 7) is 3.22. The van der Waals surface area contributed by atoms with Gasteiger partial charge in [0.05, 0.1) is 10.6 Å². The van der Waals surface area contributed by atoms with Gasteiger partial charge in [0.25, 0.3) is 0 Å². The molecule has 144 valence electrons. The number of rotatable bonds is 6. The highest BCUT2D eigenvalue weighted by Crippen LogP contribution is 2.46. The van der Waals surface area contributed by atoms with Gasteiger partial charge in [-0.1, -0.05) is 0 Å². The van der Waals surface area contributed by atoms with Crippen LogP contribution in [0.3, 0.4) is 0 Å². The van der Waals surface area contributed by atoms with Crippen LogP contribution < -0.4 is 10.6 Å². The van der Waals surface area contributed by atoms with Crippen LogP contribution in [-0.4, -0.2) is 71.5 Å². The van der Waals surface area contributed by atoms with Gasteiger partial charge in [-0.3, -0.25) is 9.78 Å². The van der Waals surface area contributed by atoms with Gasteiger partial charge in [-0.15, -0.1) is 23.5 Å². The summed E-state index contributed by atoms with van der Waals surface area (Å²) in [5.74, 6) is 3.49. The molecule has 2 fully saturated rings. The summed E-state index contributed by atoms with van der Waals surface area (Å²) in [6, 6.07) is 1.77. The van der Waals surface area contributed by atoms with Crippen LogP contribution in [0.4, 0.5) is 5.69 Å². The maximum Gasteiger partial charge on any atom is 0.239 e. The SMILES string of the molecule is CSCCC(N)C(=O)N1CCN(c2ccncc2C2SCCCS2)CC1. The van der Waals surface area contributed by atoms with Gasteiger partial charge in [0, 0.05) is 49.8 Å². The Labute approximate surface area is 169 Å². The van der Waals surface area contributed by atoms with Crippen LogP contribution in [0.2, 0.25) is 0 Å². The molecule has 1 atom stereocenters. The lowest BCUT2D eigenvalue weighted by Gasteiger charge is -2.38. The first-order valence-electron chi connectivity index (χ1n) is 9.16. The highest BCUT2D eigenvalue weighted by molar-refractivity contribution is 8.16. The van der Waals surface area contributed by atoms with Crippen LogP contribution in [-0.2, 0) is 4.79 Å². The lowest BCUT2D eigenvalue weighted by molar-refractivity contribution is -0.132. The van der Waals surface area contributed by atoms with Crippen LogP contribution in [0, 0.1) is 0 Å². The van der Waals surface area contributed by atoms with Crippen molar-refractivity contribution in [2.75, 3.05) is 54.6 Å². The number of nitrogens with two attached hydrogens (primary N) is 1. The van der Waals surface area contributed by atoms with Gasteiger partial charge in [-0.25, -0.2) is 0 Å². The monoisotopic (exact) mass is 412 g/mol. The average Bonchev–Trinajstić information content (AvgIpc) is 2.72. The minimum Gasteiger partial charge on any atom is -0.368 e. The number of hydrogen-bond donors (Lipinski definition) is 1. The van der Waals surface area contributed by atoms with Gasteiger partial charge >= 0.3 is 0 Å². The molecule has 26 heavy (non-hydrogen) atoms. The summed E-state index contributed by atoms with van der Waals surface area (Å²) in [4.78, 5) is 21.2. The number of anilines is 1. The first-order chi connectivity index (χ1) is 12.7. The molecule has 2 aliphatic rings. The third-order valence-corrected chi connectivity index (χ3v) is 8.41. The van der Waals surface area contributed by atoms with Gasteiger partial charge in [0.2, 0.25) is 5.91 Å². The molecule has 3 rings (SSSR count). The van der Waals surface area contributed by atoms with Crippen molar-refractivity contribution in [3.8, 4) is 0 Å². The standard InChI is InChI=1S/C18H28N4OS3/c1-24-12-4-15(19)17(23)22-8-6-21(7-9-22)16-3-5-20-13-14(16)18-25-10-2-11-26-18/h3,5,13,15,18H,2,4,6-12,19H2,1H3. The first kappa shape index (κ1) is 20.2. The van der Waals surface area contributed by atoms with Crippen LogP contribution in [0.1, 0.15) is 23.0 Å². The highest BCUT2D eigenvalue weighted by atomic mass is 32.2. The molecule has 1 unspecified atom stereocenters. The van der Waals surface area contributed by atoms with Crippen LogP contribution >= 0.6 is 35.3 Å². The number of aromatic nitrogens is 1. The average molecular weight is 413 g/mol. The van der Waals surface area contributed by atoms with Crippen molar-refractivity contribution in [1.82, 2.24) is 9.88 Å². The van der Waals surface area contributed by atoms with E-state index in [1.165, 1.54) is 29.2 Å². The summed E-state index contributed by atoms with van der Waals surface area (Å²) in [6.07, 6.45) is 8.00. The zero-order chi connectivity index (χ0) is 18.4. The number of carbonyl (C=O) groups is 1. The minimum absolute atomic E-state index is 0.104. The molecule has 0 radical (unpaired) electrons. The van der Waals surface area contributed by atoms with Crippen molar-refractivity contribution in [3.63, 3.8) is 0 Å². The van der Waals surface area contributed by atoms with Crippen LogP contribution in [0.25, 0.3) is 0 Å². The van der Waals surface area contributed by atoms with Crippen molar-refractivity contribution in [2.45, 2.75) is 23.5 Å². The molecule has 8 heteroatoms. The molecule has 2 saturated heterocycles. The van der Waals surface area contributed by atoms with E-state index in [-0.39, 0.29) is 11.9 Å². The fourth-order valence-electron chi connectivity index (χ4n) is 3.31. The van der Waals surface area contributed by atoms with Crippen LogP contribution in [0.5, 0.6) is 0 Å². The van der Waals surface area contributed by atoms with Crippen molar-refractivity contribution < 1.29 is 4.79 Å². The predicted octanol–water partition coefficient (Wildman–Crippen LogP) is 2.68. The second kappa shape index (κ2) is 10.1. The van der Waals surface area contributed by atoms with Gasteiger partial charge in [0.15, 0.2) is 0 Å².